The maximum atomic E-state index is 5.34. The topological polar surface area (TPSA) is 39.4 Å². The minimum absolute atomic E-state index is 0.502. The minimum atomic E-state index is 0.502. The van der Waals surface area contributed by atoms with Crippen LogP contribution in [0.1, 0.15) is 23.4 Å². The summed E-state index contributed by atoms with van der Waals surface area (Å²) in [5, 5.41) is 4.78. The zero-order chi connectivity index (χ0) is 14.2. The summed E-state index contributed by atoms with van der Waals surface area (Å²) in [6.07, 6.45) is 5.40. The molecule has 3 aromatic rings. The molecule has 0 fully saturated rings. The number of benzene rings is 1. The molecule has 4 rings (SSSR count). The molecule has 2 aromatic heterocycles. The van der Waals surface area contributed by atoms with Crippen molar-refractivity contribution in [2.45, 2.75) is 25.9 Å². The largest absolute Gasteiger partial charge is 0.378 e. The second-order valence-corrected chi connectivity index (χ2v) is 5.44. The predicted octanol–water partition coefficient (Wildman–Crippen LogP) is 3.03. The molecule has 0 N–H and O–H groups in total. The lowest BCUT2D eigenvalue weighted by molar-refractivity contribution is 0.181. The lowest BCUT2D eigenvalue weighted by atomic mass is 10.1. The standard InChI is InChI=1S/C17H17N3O/c1-21-11-14-16(12-6-3-2-4-7-12)17-18-10-13-8-5-9-15(13)20(17)19-14/h2-4,6-7,10H,5,8-9,11H2,1H3. The van der Waals surface area contributed by atoms with Gasteiger partial charge < -0.3 is 4.74 Å². The Morgan fingerprint density at radius 1 is 1.19 bits per heavy atom. The third-order valence-corrected chi connectivity index (χ3v) is 4.11. The Bertz CT molecular complexity index is 793. The van der Waals surface area contributed by atoms with Crippen LogP contribution in [0.15, 0.2) is 36.5 Å². The summed E-state index contributed by atoms with van der Waals surface area (Å²) >= 11 is 0. The van der Waals surface area contributed by atoms with Gasteiger partial charge in [-0.15, -0.1) is 0 Å². The first-order chi connectivity index (χ1) is 10.4. The first kappa shape index (κ1) is 12.5. The number of rotatable bonds is 3. The van der Waals surface area contributed by atoms with Gasteiger partial charge in [0.25, 0.3) is 0 Å². The van der Waals surface area contributed by atoms with E-state index in [9.17, 15) is 0 Å². The molecule has 0 bridgehead atoms. The summed E-state index contributed by atoms with van der Waals surface area (Å²) in [5.74, 6) is 0. The van der Waals surface area contributed by atoms with E-state index in [1.807, 2.05) is 28.9 Å². The van der Waals surface area contributed by atoms with Crippen molar-refractivity contribution in [2.75, 3.05) is 7.11 Å². The summed E-state index contributed by atoms with van der Waals surface area (Å²) in [5.41, 5.74) is 6.76. The molecular formula is C17H17N3O. The van der Waals surface area contributed by atoms with Gasteiger partial charge >= 0.3 is 0 Å². The SMILES string of the molecule is COCc1nn2c3c(cnc2c1-c1ccccc1)CCC3. The van der Waals surface area contributed by atoms with E-state index in [1.54, 1.807) is 7.11 Å². The van der Waals surface area contributed by atoms with Crippen molar-refractivity contribution in [2.24, 2.45) is 0 Å². The minimum Gasteiger partial charge on any atom is -0.378 e. The van der Waals surface area contributed by atoms with Gasteiger partial charge in [0.05, 0.1) is 17.9 Å². The van der Waals surface area contributed by atoms with Crippen molar-refractivity contribution in [3.05, 3.63) is 53.5 Å². The van der Waals surface area contributed by atoms with Gasteiger partial charge in [0.2, 0.25) is 0 Å². The zero-order valence-corrected chi connectivity index (χ0v) is 12.0. The molecule has 0 spiro atoms. The maximum Gasteiger partial charge on any atom is 0.163 e. The third kappa shape index (κ3) is 1.94. The van der Waals surface area contributed by atoms with Crippen LogP contribution >= 0.6 is 0 Å². The lowest BCUT2D eigenvalue weighted by Crippen LogP contribution is -2.00. The Labute approximate surface area is 123 Å². The van der Waals surface area contributed by atoms with Crippen molar-refractivity contribution in [1.29, 1.82) is 0 Å². The summed E-state index contributed by atoms with van der Waals surface area (Å²) in [4.78, 5) is 4.68. The molecule has 1 aliphatic carbocycles. The van der Waals surface area contributed by atoms with Gasteiger partial charge in [0.15, 0.2) is 5.65 Å². The normalized spacial score (nSPS) is 13.8. The van der Waals surface area contributed by atoms with Gasteiger partial charge in [0, 0.05) is 19.0 Å². The van der Waals surface area contributed by atoms with E-state index in [1.165, 1.54) is 17.7 Å². The van der Waals surface area contributed by atoms with E-state index in [2.05, 4.69) is 17.1 Å². The molecule has 4 nitrogen and oxygen atoms in total. The van der Waals surface area contributed by atoms with E-state index >= 15 is 0 Å². The van der Waals surface area contributed by atoms with E-state index in [-0.39, 0.29) is 0 Å². The Hall–Kier alpha value is -2.20. The highest BCUT2D eigenvalue weighted by Crippen LogP contribution is 2.31. The molecule has 0 atom stereocenters. The van der Waals surface area contributed by atoms with Crippen LogP contribution in [0.2, 0.25) is 0 Å². The number of ether oxygens (including phenoxy) is 1. The highest BCUT2D eigenvalue weighted by molar-refractivity contribution is 5.80. The van der Waals surface area contributed by atoms with E-state index in [0.717, 1.165) is 35.3 Å². The highest BCUT2D eigenvalue weighted by atomic mass is 16.5. The zero-order valence-electron chi connectivity index (χ0n) is 12.0. The highest BCUT2D eigenvalue weighted by Gasteiger charge is 2.21. The molecule has 0 saturated carbocycles. The summed E-state index contributed by atoms with van der Waals surface area (Å²) in [6, 6.07) is 10.3. The van der Waals surface area contributed by atoms with Gasteiger partial charge in [-0.05, 0) is 30.4 Å². The fraction of sp³-hybridized carbons (Fsp3) is 0.294. The van der Waals surface area contributed by atoms with Crippen molar-refractivity contribution < 1.29 is 4.74 Å². The van der Waals surface area contributed by atoms with E-state index in [0.29, 0.717) is 6.61 Å². The molecule has 106 valence electrons. The van der Waals surface area contributed by atoms with Crippen molar-refractivity contribution in [3.8, 4) is 11.1 Å². The van der Waals surface area contributed by atoms with Crippen molar-refractivity contribution in [3.63, 3.8) is 0 Å². The number of hydrogen-bond donors (Lipinski definition) is 0. The van der Waals surface area contributed by atoms with Crippen LogP contribution < -0.4 is 0 Å². The number of nitrogens with zero attached hydrogens (tertiary/aromatic N) is 3. The third-order valence-electron chi connectivity index (χ3n) is 4.11. The Morgan fingerprint density at radius 2 is 2.05 bits per heavy atom. The van der Waals surface area contributed by atoms with E-state index in [4.69, 9.17) is 9.84 Å². The van der Waals surface area contributed by atoms with Gasteiger partial charge in [-0.25, -0.2) is 9.50 Å². The fourth-order valence-corrected chi connectivity index (χ4v) is 3.17. The molecule has 4 heteroatoms. The Balaban J connectivity index is 2.01. The molecule has 21 heavy (non-hydrogen) atoms. The number of aromatic nitrogens is 3. The van der Waals surface area contributed by atoms with E-state index < -0.39 is 0 Å². The average Bonchev–Trinajstić information content (AvgIpc) is 3.11. The summed E-state index contributed by atoms with van der Waals surface area (Å²) < 4.78 is 7.36. The Kier molecular flexibility index (Phi) is 2.97. The summed E-state index contributed by atoms with van der Waals surface area (Å²) in [6.45, 7) is 0.502. The molecule has 0 amide bonds. The fourth-order valence-electron chi connectivity index (χ4n) is 3.17. The first-order valence-corrected chi connectivity index (χ1v) is 7.31. The van der Waals surface area contributed by atoms with Crippen molar-refractivity contribution in [1.82, 2.24) is 14.6 Å². The van der Waals surface area contributed by atoms with Crippen LogP contribution in [0.25, 0.3) is 16.8 Å². The molecule has 1 aromatic carbocycles. The first-order valence-electron chi connectivity index (χ1n) is 7.31. The molecule has 0 radical (unpaired) electrons. The summed E-state index contributed by atoms with van der Waals surface area (Å²) in [7, 11) is 1.71. The predicted molar refractivity (Wildman–Crippen MR) is 81.2 cm³/mol. The second-order valence-electron chi connectivity index (χ2n) is 5.44. The van der Waals surface area contributed by atoms with Crippen molar-refractivity contribution >= 4 is 5.65 Å². The Morgan fingerprint density at radius 3 is 2.86 bits per heavy atom. The molecule has 2 heterocycles. The molecule has 0 unspecified atom stereocenters. The van der Waals surface area contributed by atoms with Crippen LogP contribution in [-0.2, 0) is 24.2 Å². The lowest BCUT2D eigenvalue weighted by Gasteiger charge is -2.03. The van der Waals surface area contributed by atoms with Crippen LogP contribution in [-0.4, -0.2) is 21.7 Å². The smallest absolute Gasteiger partial charge is 0.163 e. The van der Waals surface area contributed by atoms with Crippen LogP contribution in [0.3, 0.4) is 0 Å². The number of aryl methyl sites for hydroxylation is 2. The number of hydrogen-bond acceptors (Lipinski definition) is 3. The van der Waals surface area contributed by atoms with Gasteiger partial charge in [0.1, 0.15) is 0 Å². The number of methoxy groups -OCH3 is 1. The van der Waals surface area contributed by atoms with Gasteiger partial charge in [-0.3, -0.25) is 0 Å². The quantitative estimate of drug-likeness (QED) is 0.740. The second kappa shape index (κ2) is 4.97. The van der Waals surface area contributed by atoms with Crippen LogP contribution in [0, 0.1) is 0 Å². The average molecular weight is 279 g/mol. The number of fused-ring (bicyclic) bond motifs is 3. The molecule has 1 aliphatic rings. The van der Waals surface area contributed by atoms with Gasteiger partial charge in [-0.2, -0.15) is 5.10 Å². The maximum absolute atomic E-state index is 5.34. The molecular weight excluding hydrogens is 262 g/mol. The van der Waals surface area contributed by atoms with Gasteiger partial charge in [-0.1, -0.05) is 30.3 Å². The van der Waals surface area contributed by atoms with Crippen LogP contribution in [0.5, 0.6) is 0 Å². The van der Waals surface area contributed by atoms with Crippen LogP contribution in [0.4, 0.5) is 0 Å². The monoisotopic (exact) mass is 279 g/mol. The molecule has 0 saturated heterocycles. The molecule has 0 aliphatic heterocycles.